The Morgan fingerprint density at radius 1 is 1.03 bits per heavy atom. The third-order valence-electron chi connectivity index (χ3n) is 5.10. The Bertz CT molecular complexity index is 1110. The van der Waals surface area contributed by atoms with Crippen LogP contribution < -0.4 is 4.90 Å². The Hall–Kier alpha value is -2.99. The van der Waals surface area contributed by atoms with Crippen LogP contribution in [0.4, 0.5) is 11.4 Å². The summed E-state index contributed by atoms with van der Waals surface area (Å²) >= 11 is 6.46. The van der Waals surface area contributed by atoms with Crippen molar-refractivity contribution in [1.29, 1.82) is 0 Å². The van der Waals surface area contributed by atoms with Gasteiger partial charge in [-0.3, -0.25) is 0 Å². The SMILES string of the molecule is CCN(CC)c1ccc(N=C2C(c3ccccc3Cl)=Nn3nc(C(C)C)nc32)cc1. The Labute approximate surface area is 181 Å². The molecule has 0 amide bonds. The van der Waals surface area contributed by atoms with E-state index >= 15 is 0 Å². The van der Waals surface area contributed by atoms with Crippen LogP contribution in [0.15, 0.2) is 58.6 Å². The Morgan fingerprint density at radius 2 is 1.73 bits per heavy atom. The van der Waals surface area contributed by atoms with Gasteiger partial charge in [-0.2, -0.15) is 0 Å². The van der Waals surface area contributed by atoms with E-state index in [0.29, 0.717) is 22.3 Å². The third kappa shape index (κ3) is 3.75. The number of benzene rings is 2. The average molecular weight is 421 g/mol. The number of nitrogens with zero attached hydrogens (tertiary/aromatic N) is 6. The van der Waals surface area contributed by atoms with E-state index in [2.05, 4.69) is 54.9 Å². The summed E-state index contributed by atoms with van der Waals surface area (Å²) in [6, 6.07) is 15.9. The number of fused-ring (bicyclic) bond motifs is 1. The fraction of sp³-hybridized carbons (Fsp3) is 0.304. The second-order valence-corrected chi connectivity index (χ2v) is 7.82. The normalized spacial score (nSPS) is 14.3. The van der Waals surface area contributed by atoms with E-state index in [1.54, 1.807) is 4.79 Å². The fourth-order valence-electron chi connectivity index (χ4n) is 3.42. The molecule has 7 heteroatoms. The molecule has 0 atom stereocenters. The number of halogens is 1. The number of hydrogen-bond donors (Lipinski definition) is 0. The largest absolute Gasteiger partial charge is 0.372 e. The van der Waals surface area contributed by atoms with Gasteiger partial charge >= 0.3 is 0 Å². The zero-order valence-corrected chi connectivity index (χ0v) is 18.4. The minimum absolute atomic E-state index is 0.205. The van der Waals surface area contributed by atoms with Crippen molar-refractivity contribution in [3.05, 3.63) is 70.8 Å². The predicted octanol–water partition coefficient (Wildman–Crippen LogP) is 5.29. The van der Waals surface area contributed by atoms with Crippen LogP contribution in [0.3, 0.4) is 0 Å². The topological polar surface area (TPSA) is 58.7 Å². The molecule has 1 aliphatic heterocycles. The van der Waals surface area contributed by atoms with Gasteiger partial charge in [-0.1, -0.05) is 43.6 Å². The molecule has 2 heterocycles. The van der Waals surface area contributed by atoms with Crippen molar-refractivity contribution in [2.75, 3.05) is 18.0 Å². The van der Waals surface area contributed by atoms with Gasteiger partial charge < -0.3 is 4.90 Å². The van der Waals surface area contributed by atoms with E-state index in [4.69, 9.17) is 21.6 Å². The van der Waals surface area contributed by atoms with Crippen molar-refractivity contribution in [2.24, 2.45) is 10.1 Å². The minimum atomic E-state index is 0.205. The van der Waals surface area contributed by atoms with Crippen molar-refractivity contribution >= 4 is 34.4 Å². The van der Waals surface area contributed by atoms with Crippen LogP contribution in [-0.4, -0.2) is 39.4 Å². The molecule has 0 radical (unpaired) electrons. The number of hydrogen-bond acceptors (Lipinski definition) is 5. The molecule has 3 aromatic rings. The first kappa shape index (κ1) is 20.3. The van der Waals surface area contributed by atoms with Crippen molar-refractivity contribution in [2.45, 2.75) is 33.6 Å². The van der Waals surface area contributed by atoms with E-state index < -0.39 is 0 Å². The highest BCUT2D eigenvalue weighted by Gasteiger charge is 2.30. The van der Waals surface area contributed by atoms with Crippen molar-refractivity contribution in [3.8, 4) is 0 Å². The summed E-state index contributed by atoms with van der Waals surface area (Å²) in [6.07, 6.45) is 0. The lowest BCUT2D eigenvalue weighted by Gasteiger charge is -2.20. The molecule has 30 heavy (non-hydrogen) atoms. The van der Waals surface area contributed by atoms with Gasteiger partial charge in [-0.05, 0) is 44.2 Å². The molecule has 0 saturated carbocycles. The first-order chi connectivity index (χ1) is 14.5. The molecule has 1 aliphatic rings. The standard InChI is InChI=1S/C23H25ClN6/c1-5-29(6-2)17-13-11-16(12-14-17)25-21-20(18-9-7-8-10-19(18)24)27-30-23(21)26-22(28-30)15(3)4/h7-15H,5-6H2,1-4H3. The maximum Gasteiger partial charge on any atom is 0.204 e. The van der Waals surface area contributed by atoms with E-state index in [-0.39, 0.29) is 5.92 Å². The lowest BCUT2D eigenvalue weighted by Crippen LogP contribution is -2.21. The van der Waals surface area contributed by atoms with Crippen LogP contribution in [0.1, 0.15) is 50.8 Å². The molecule has 0 bridgehead atoms. The summed E-state index contributed by atoms with van der Waals surface area (Å²) in [5.41, 5.74) is 4.19. The third-order valence-corrected chi connectivity index (χ3v) is 5.43. The summed E-state index contributed by atoms with van der Waals surface area (Å²) in [4.78, 5) is 13.5. The van der Waals surface area contributed by atoms with Crippen LogP contribution in [0.25, 0.3) is 0 Å². The van der Waals surface area contributed by atoms with Gasteiger partial charge in [-0.25, -0.2) is 9.98 Å². The molecule has 154 valence electrons. The van der Waals surface area contributed by atoms with Gasteiger partial charge in [0.05, 0.1) is 10.7 Å². The van der Waals surface area contributed by atoms with Gasteiger partial charge in [0, 0.05) is 30.3 Å². The Kier molecular flexibility index (Phi) is 5.68. The minimum Gasteiger partial charge on any atom is -0.372 e. The smallest absolute Gasteiger partial charge is 0.204 e. The molecule has 0 spiro atoms. The fourth-order valence-corrected chi connectivity index (χ4v) is 3.65. The van der Waals surface area contributed by atoms with Crippen LogP contribution >= 0.6 is 11.6 Å². The Balaban J connectivity index is 1.79. The zero-order valence-electron chi connectivity index (χ0n) is 17.7. The molecule has 0 aliphatic carbocycles. The quantitative estimate of drug-likeness (QED) is 0.544. The number of aliphatic imine (C=N–C) groups is 1. The summed E-state index contributed by atoms with van der Waals surface area (Å²) < 4.78 is 0. The van der Waals surface area contributed by atoms with Gasteiger partial charge in [0.15, 0.2) is 5.82 Å². The van der Waals surface area contributed by atoms with Gasteiger partial charge in [0.25, 0.3) is 0 Å². The molecule has 1 aromatic heterocycles. The molecule has 0 N–H and O–H groups in total. The highest BCUT2D eigenvalue weighted by Crippen LogP contribution is 2.26. The molecule has 0 unspecified atom stereocenters. The maximum atomic E-state index is 6.46. The molecule has 0 fully saturated rings. The zero-order chi connectivity index (χ0) is 21.3. The molecule has 6 nitrogen and oxygen atoms in total. The highest BCUT2D eigenvalue weighted by molar-refractivity contribution is 6.56. The molecular formula is C23H25ClN6. The molecular weight excluding hydrogens is 396 g/mol. The summed E-state index contributed by atoms with van der Waals surface area (Å²) in [6.45, 7) is 10.4. The van der Waals surface area contributed by atoms with Crippen LogP contribution in [0.5, 0.6) is 0 Å². The lowest BCUT2D eigenvalue weighted by atomic mass is 10.1. The van der Waals surface area contributed by atoms with Crippen LogP contribution in [-0.2, 0) is 0 Å². The summed E-state index contributed by atoms with van der Waals surface area (Å²) in [7, 11) is 0. The van der Waals surface area contributed by atoms with Crippen LogP contribution in [0.2, 0.25) is 5.02 Å². The number of anilines is 1. The molecule has 0 saturated heterocycles. The first-order valence-corrected chi connectivity index (χ1v) is 10.6. The lowest BCUT2D eigenvalue weighted by molar-refractivity contribution is 0.698. The monoisotopic (exact) mass is 420 g/mol. The molecule has 4 rings (SSSR count). The number of aromatic nitrogens is 3. The van der Waals surface area contributed by atoms with E-state index in [1.165, 1.54) is 5.69 Å². The van der Waals surface area contributed by atoms with Crippen molar-refractivity contribution in [3.63, 3.8) is 0 Å². The first-order valence-electron chi connectivity index (χ1n) is 10.3. The van der Waals surface area contributed by atoms with E-state index in [0.717, 1.165) is 30.2 Å². The van der Waals surface area contributed by atoms with Crippen LogP contribution in [0, 0.1) is 0 Å². The summed E-state index contributed by atoms with van der Waals surface area (Å²) in [5, 5.41) is 9.83. The van der Waals surface area contributed by atoms with Gasteiger partial charge in [-0.15, -0.1) is 15.0 Å². The van der Waals surface area contributed by atoms with Gasteiger partial charge in [0.2, 0.25) is 5.82 Å². The van der Waals surface area contributed by atoms with Gasteiger partial charge in [0.1, 0.15) is 11.4 Å². The second kappa shape index (κ2) is 8.40. The van der Waals surface area contributed by atoms with Crippen molar-refractivity contribution < 1.29 is 0 Å². The van der Waals surface area contributed by atoms with E-state index in [9.17, 15) is 0 Å². The Morgan fingerprint density at radius 3 is 2.37 bits per heavy atom. The second-order valence-electron chi connectivity index (χ2n) is 7.42. The van der Waals surface area contributed by atoms with E-state index in [1.807, 2.05) is 36.4 Å². The maximum absolute atomic E-state index is 6.46. The number of rotatable bonds is 6. The van der Waals surface area contributed by atoms with Crippen molar-refractivity contribution in [1.82, 2.24) is 14.9 Å². The highest BCUT2D eigenvalue weighted by atomic mass is 35.5. The average Bonchev–Trinajstić information content (AvgIpc) is 3.30. The molecule has 2 aromatic carbocycles. The predicted molar refractivity (Wildman–Crippen MR) is 124 cm³/mol. The summed E-state index contributed by atoms with van der Waals surface area (Å²) in [5.74, 6) is 1.59.